The number of unbranched alkanes of at least 4 members (excludes halogenated alkanes) is 2. The van der Waals surface area contributed by atoms with Crippen molar-refractivity contribution in [3.63, 3.8) is 0 Å². The second kappa shape index (κ2) is 9.82. The molecule has 8 heteroatoms. The highest BCUT2D eigenvalue weighted by molar-refractivity contribution is 6.06. The van der Waals surface area contributed by atoms with Crippen molar-refractivity contribution in [2.45, 2.75) is 38.1 Å². The Hall–Kier alpha value is -2.74. The number of benzene rings is 1. The number of carbonyl (C=O) groups is 4. The minimum atomic E-state index is -0.734. The van der Waals surface area contributed by atoms with E-state index in [1.807, 2.05) is 0 Å². The summed E-state index contributed by atoms with van der Waals surface area (Å²) in [5.41, 5.74) is 6.68. The van der Waals surface area contributed by atoms with Gasteiger partial charge < -0.3 is 16.0 Å². The van der Waals surface area contributed by atoms with Gasteiger partial charge in [0, 0.05) is 31.3 Å². The zero-order valence-corrected chi connectivity index (χ0v) is 15.5. The Balaban J connectivity index is 2.11. The summed E-state index contributed by atoms with van der Waals surface area (Å²) in [6, 6.07) is 4.22. The van der Waals surface area contributed by atoms with Crippen LogP contribution in [0.2, 0.25) is 0 Å². The van der Waals surface area contributed by atoms with Gasteiger partial charge in [-0.1, -0.05) is 6.42 Å². The Morgan fingerprint density at radius 1 is 1.33 bits per heavy atom. The summed E-state index contributed by atoms with van der Waals surface area (Å²) < 4.78 is 0. The lowest BCUT2D eigenvalue weighted by atomic mass is 10.0. The standard InChI is InChI=1S/C19H26N4O4/c1-23(16-7-8-17(25)22-18(16)26)19(27)15-11-14(6-5-13(15)12-24)21-10-4-2-3-9-20/h5-6,11-12,16,21H,2-4,7-10,20H2,1H3,(H,22,25,26). The number of nitrogens with zero attached hydrogens (tertiary/aromatic N) is 1. The van der Waals surface area contributed by atoms with Crippen molar-refractivity contribution in [1.82, 2.24) is 10.2 Å². The number of rotatable bonds is 9. The molecule has 1 heterocycles. The predicted octanol–water partition coefficient (Wildman–Crippen LogP) is 0.917. The number of hydrogen-bond donors (Lipinski definition) is 3. The zero-order valence-electron chi connectivity index (χ0n) is 15.5. The van der Waals surface area contributed by atoms with Crippen LogP contribution < -0.4 is 16.4 Å². The third-order valence-corrected chi connectivity index (χ3v) is 4.62. The molecule has 1 saturated heterocycles. The van der Waals surface area contributed by atoms with E-state index in [-0.39, 0.29) is 29.9 Å². The number of carbonyl (C=O) groups excluding carboxylic acids is 4. The van der Waals surface area contributed by atoms with Gasteiger partial charge in [0.15, 0.2) is 6.29 Å². The molecular weight excluding hydrogens is 348 g/mol. The second-order valence-electron chi connectivity index (χ2n) is 6.58. The van der Waals surface area contributed by atoms with E-state index in [0.717, 1.165) is 31.5 Å². The van der Waals surface area contributed by atoms with Crippen LogP contribution >= 0.6 is 0 Å². The van der Waals surface area contributed by atoms with E-state index in [9.17, 15) is 19.2 Å². The third-order valence-electron chi connectivity index (χ3n) is 4.62. The van der Waals surface area contributed by atoms with Crippen LogP contribution in [0.4, 0.5) is 5.69 Å². The largest absolute Gasteiger partial charge is 0.385 e. The van der Waals surface area contributed by atoms with Crippen molar-refractivity contribution >= 4 is 29.7 Å². The molecular formula is C19H26N4O4. The van der Waals surface area contributed by atoms with Gasteiger partial charge in [0.2, 0.25) is 11.8 Å². The Morgan fingerprint density at radius 2 is 2.11 bits per heavy atom. The Kier molecular flexibility index (Phi) is 7.48. The van der Waals surface area contributed by atoms with Gasteiger partial charge in [0.1, 0.15) is 6.04 Å². The Morgan fingerprint density at radius 3 is 2.78 bits per heavy atom. The molecule has 0 saturated carbocycles. The van der Waals surface area contributed by atoms with Crippen LogP contribution in [0.15, 0.2) is 18.2 Å². The van der Waals surface area contributed by atoms with Crippen LogP contribution in [0.25, 0.3) is 0 Å². The van der Waals surface area contributed by atoms with E-state index in [1.54, 1.807) is 18.2 Å². The van der Waals surface area contributed by atoms with Crippen LogP contribution in [0.3, 0.4) is 0 Å². The fourth-order valence-corrected chi connectivity index (χ4v) is 3.02. The van der Waals surface area contributed by atoms with Crippen LogP contribution in [-0.2, 0) is 9.59 Å². The predicted molar refractivity (Wildman–Crippen MR) is 101 cm³/mol. The SMILES string of the molecule is CN(C(=O)c1cc(NCCCCCN)ccc1C=O)C1CCC(=O)NC1=O. The fraction of sp³-hybridized carbons (Fsp3) is 0.474. The van der Waals surface area contributed by atoms with Crippen LogP contribution in [0.1, 0.15) is 52.8 Å². The van der Waals surface area contributed by atoms with Crippen molar-refractivity contribution in [3.05, 3.63) is 29.3 Å². The number of nitrogens with two attached hydrogens (primary N) is 1. The van der Waals surface area contributed by atoms with E-state index >= 15 is 0 Å². The first-order chi connectivity index (χ1) is 13.0. The summed E-state index contributed by atoms with van der Waals surface area (Å²) in [5.74, 6) is -1.27. The molecule has 27 heavy (non-hydrogen) atoms. The molecule has 1 aromatic rings. The molecule has 1 unspecified atom stereocenters. The maximum atomic E-state index is 12.9. The quantitative estimate of drug-likeness (QED) is 0.336. The number of aldehydes is 1. The molecule has 1 atom stereocenters. The van der Waals surface area contributed by atoms with Crippen LogP contribution in [0, 0.1) is 0 Å². The molecule has 0 aliphatic carbocycles. The van der Waals surface area contributed by atoms with Crippen LogP contribution in [0.5, 0.6) is 0 Å². The minimum absolute atomic E-state index is 0.180. The highest BCUT2D eigenvalue weighted by Gasteiger charge is 2.33. The van der Waals surface area contributed by atoms with Crippen molar-refractivity contribution in [1.29, 1.82) is 0 Å². The molecule has 1 aliphatic heterocycles. The third kappa shape index (κ3) is 5.37. The number of imide groups is 1. The number of anilines is 1. The van der Waals surface area contributed by atoms with Gasteiger partial charge in [-0.2, -0.15) is 0 Å². The van der Waals surface area contributed by atoms with Gasteiger partial charge >= 0.3 is 0 Å². The Bertz CT molecular complexity index is 720. The summed E-state index contributed by atoms with van der Waals surface area (Å²) in [6.07, 6.45) is 4.00. The molecule has 0 aromatic heterocycles. The topological polar surface area (TPSA) is 122 Å². The average molecular weight is 374 g/mol. The maximum absolute atomic E-state index is 12.9. The minimum Gasteiger partial charge on any atom is -0.385 e. The molecule has 8 nitrogen and oxygen atoms in total. The van der Waals surface area contributed by atoms with Gasteiger partial charge in [-0.25, -0.2) is 0 Å². The smallest absolute Gasteiger partial charge is 0.255 e. The molecule has 1 aromatic carbocycles. The first-order valence-electron chi connectivity index (χ1n) is 9.12. The van der Waals surface area contributed by atoms with Crippen molar-refractivity contribution in [2.75, 3.05) is 25.5 Å². The maximum Gasteiger partial charge on any atom is 0.255 e. The first-order valence-corrected chi connectivity index (χ1v) is 9.12. The summed E-state index contributed by atoms with van der Waals surface area (Å²) in [5, 5.41) is 5.47. The Labute approximate surface area is 158 Å². The monoisotopic (exact) mass is 374 g/mol. The average Bonchev–Trinajstić information content (AvgIpc) is 2.66. The van der Waals surface area contributed by atoms with Gasteiger partial charge in [-0.3, -0.25) is 24.5 Å². The summed E-state index contributed by atoms with van der Waals surface area (Å²) in [4.78, 5) is 48.8. The number of hydrogen-bond acceptors (Lipinski definition) is 6. The van der Waals surface area contributed by atoms with Crippen molar-refractivity contribution in [3.8, 4) is 0 Å². The van der Waals surface area contributed by atoms with Gasteiger partial charge in [0.05, 0.1) is 5.56 Å². The normalized spacial score (nSPS) is 16.6. The highest BCUT2D eigenvalue weighted by atomic mass is 16.2. The van der Waals surface area contributed by atoms with Gasteiger partial charge in [-0.15, -0.1) is 0 Å². The second-order valence-corrected chi connectivity index (χ2v) is 6.58. The number of nitrogens with one attached hydrogen (secondary N) is 2. The lowest BCUT2D eigenvalue weighted by Crippen LogP contribution is -2.53. The number of likely N-dealkylation sites (N-methyl/N-ethyl adjacent to an activating group) is 1. The molecule has 2 rings (SSSR count). The number of piperidine rings is 1. The van der Waals surface area contributed by atoms with E-state index in [1.165, 1.54) is 11.9 Å². The van der Waals surface area contributed by atoms with Crippen molar-refractivity contribution in [2.24, 2.45) is 5.73 Å². The molecule has 0 radical (unpaired) electrons. The highest BCUT2D eigenvalue weighted by Crippen LogP contribution is 2.20. The van der Waals surface area contributed by atoms with Gasteiger partial charge in [0.25, 0.3) is 5.91 Å². The molecule has 0 bridgehead atoms. The van der Waals surface area contributed by atoms with Crippen molar-refractivity contribution < 1.29 is 19.2 Å². The molecule has 3 amide bonds. The van der Waals surface area contributed by atoms with Gasteiger partial charge in [-0.05, 0) is 44.0 Å². The van der Waals surface area contributed by atoms with Crippen LogP contribution in [-0.4, -0.2) is 55.1 Å². The molecule has 146 valence electrons. The number of amides is 3. The molecule has 1 aliphatic rings. The van der Waals surface area contributed by atoms with E-state index < -0.39 is 17.9 Å². The first kappa shape index (κ1) is 20.6. The van der Waals surface area contributed by atoms with E-state index in [0.29, 0.717) is 12.8 Å². The lowest BCUT2D eigenvalue weighted by molar-refractivity contribution is -0.136. The lowest BCUT2D eigenvalue weighted by Gasteiger charge is -2.30. The fourth-order valence-electron chi connectivity index (χ4n) is 3.02. The molecule has 4 N–H and O–H groups in total. The molecule has 1 fully saturated rings. The summed E-state index contributed by atoms with van der Waals surface area (Å²) >= 11 is 0. The van der Waals surface area contributed by atoms with E-state index in [4.69, 9.17) is 5.73 Å². The van der Waals surface area contributed by atoms with E-state index in [2.05, 4.69) is 10.6 Å². The zero-order chi connectivity index (χ0) is 19.8. The molecule has 0 spiro atoms. The summed E-state index contributed by atoms with van der Waals surface area (Å²) in [7, 11) is 1.50. The summed E-state index contributed by atoms with van der Waals surface area (Å²) in [6.45, 7) is 1.40.